The number of rotatable bonds is 7. The van der Waals surface area contributed by atoms with Crippen LogP contribution in [0.15, 0.2) is 48.5 Å². The van der Waals surface area contributed by atoms with Crippen LogP contribution in [0.1, 0.15) is 21.5 Å². The fraction of sp³-hybridized carbons (Fsp3) is 0.231. The number of fused-ring (bicyclic) bond motifs is 1. The zero-order valence-corrected chi connectivity index (χ0v) is 19.5. The van der Waals surface area contributed by atoms with Crippen molar-refractivity contribution in [2.75, 3.05) is 30.4 Å². The molecular weight excluding hydrogens is 477 g/mol. The van der Waals surface area contributed by atoms with E-state index in [0.29, 0.717) is 12.3 Å². The average Bonchev–Trinajstić information content (AvgIpc) is 2.79. The zero-order chi connectivity index (χ0) is 26.0. The summed E-state index contributed by atoms with van der Waals surface area (Å²) in [5.74, 6) is -5.14. The van der Waals surface area contributed by atoms with Crippen LogP contribution in [0.25, 0.3) is 0 Å². The number of anilines is 2. The summed E-state index contributed by atoms with van der Waals surface area (Å²) in [4.78, 5) is 25.4. The standard InChI is InChI=1S/C26H23F3N2O5/c1-14-3-6-23-22(7-14)31(2)12-17(36-23)13-35-16-10-19(28)25(20(29)11-16)26(34)30-21-8-15(9-24(32)33)4-5-18(21)27/h3-8,10-11,17H,9,12-13H2,1-2H3,(H,30,34)(H,32,33)/t17-/m0/s1. The summed E-state index contributed by atoms with van der Waals surface area (Å²) in [6.07, 6.45) is -0.816. The highest BCUT2D eigenvalue weighted by atomic mass is 19.1. The van der Waals surface area contributed by atoms with Gasteiger partial charge in [-0.25, -0.2) is 13.2 Å². The number of benzene rings is 3. The summed E-state index contributed by atoms with van der Waals surface area (Å²) >= 11 is 0. The SMILES string of the molecule is Cc1ccc2c(c1)N(C)C[C@@H](COc1cc(F)c(C(=O)Nc3cc(CC(=O)O)ccc3F)c(F)c1)O2. The second-order valence-corrected chi connectivity index (χ2v) is 8.50. The van der Waals surface area contributed by atoms with Gasteiger partial charge in [-0.05, 0) is 42.3 Å². The van der Waals surface area contributed by atoms with Gasteiger partial charge in [-0.3, -0.25) is 9.59 Å². The lowest BCUT2D eigenvalue weighted by atomic mass is 10.1. The summed E-state index contributed by atoms with van der Waals surface area (Å²) in [5, 5.41) is 11.0. The van der Waals surface area contributed by atoms with Crippen molar-refractivity contribution in [2.24, 2.45) is 0 Å². The van der Waals surface area contributed by atoms with Gasteiger partial charge in [0, 0.05) is 19.2 Å². The number of nitrogens with one attached hydrogen (secondary N) is 1. The van der Waals surface area contributed by atoms with Crippen molar-refractivity contribution in [3.8, 4) is 11.5 Å². The molecular formula is C26H23F3N2O5. The molecule has 1 heterocycles. The van der Waals surface area contributed by atoms with Gasteiger partial charge in [0.15, 0.2) is 0 Å². The molecule has 188 valence electrons. The monoisotopic (exact) mass is 500 g/mol. The van der Waals surface area contributed by atoms with Crippen LogP contribution in [0.2, 0.25) is 0 Å². The number of hydrogen-bond acceptors (Lipinski definition) is 5. The first-order valence-corrected chi connectivity index (χ1v) is 11.0. The molecule has 0 saturated carbocycles. The second-order valence-electron chi connectivity index (χ2n) is 8.50. The Morgan fingerprint density at radius 2 is 1.81 bits per heavy atom. The molecule has 0 saturated heterocycles. The first-order chi connectivity index (χ1) is 17.1. The van der Waals surface area contributed by atoms with E-state index in [9.17, 15) is 22.8 Å². The second kappa shape index (κ2) is 10.2. The number of halogens is 3. The van der Waals surface area contributed by atoms with E-state index in [1.54, 1.807) is 0 Å². The van der Waals surface area contributed by atoms with E-state index in [1.165, 1.54) is 6.07 Å². The number of aryl methyl sites for hydroxylation is 1. The van der Waals surface area contributed by atoms with E-state index in [4.69, 9.17) is 14.6 Å². The maximum absolute atomic E-state index is 14.7. The Morgan fingerprint density at radius 3 is 2.50 bits per heavy atom. The van der Waals surface area contributed by atoms with Crippen LogP contribution >= 0.6 is 0 Å². The quantitative estimate of drug-likeness (QED) is 0.494. The van der Waals surface area contributed by atoms with Crippen molar-refractivity contribution in [3.63, 3.8) is 0 Å². The van der Waals surface area contributed by atoms with Crippen molar-refractivity contribution < 1.29 is 37.3 Å². The Balaban J connectivity index is 1.44. The Bertz CT molecular complexity index is 1310. The van der Waals surface area contributed by atoms with Gasteiger partial charge in [0.1, 0.15) is 47.2 Å². The molecule has 3 aromatic rings. The predicted octanol–water partition coefficient (Wildman–Crippen LogP) is 4.57. The molecule has 0 aliphatic carbocycles. The first kappa shape index (κ1) is 24.9. The third kappa shape index (κ3) is 5.54. The first-order valence-electron chi connectivity index (χ1n) is 11.0. The summed E-state index contributed by atoms with van der Waals surface area (Å²) in [5.41, 5.74) is 0.904. The Kier molecular flexibility index (Phi) is 7.05. The smallest absolute Gasteiger partial charge is 0.307 e. The summed E-state index contributed by atoms with van der Waals surface area (Å²) in [6, 6.07) is 10.8. The normalized spacial score (nSPS) is 14.6. The van der Waals surface area contributed by atoms with Crippen molar-refractivity contribution in [2.45, 2.75) is 19.4 Å². The van der Waals surface area contributed by atoms with Gasteiger partial charge >= 0.3 is 5.97 Å². The third-order valence-corrected chi connectivity index (χ3v) is 5.61. The Labute approximate surface area is 205 Å². The number of carboxylic acids is 1. The van der Waals surface area contributed by atoms with Crippen LogP contribution in [-0.2, 0) is 11.2 Å². The van der Waals surface area contributed by atoms with E-state index in [1.807, 2.05) is 37.1 Å². The van der Waals surface area contributed by atoms with Gasteiger partial charge in [0.25, 0.3) is 5.91 Å². The molecule has 1 aliphatic rings. The molecule has 0 aromatic heterocycles. The number of carbonyl (C=O) groups is 2. The zero-order valence-electron chi connectivity index (χ0n) is 19.5. The van der Waals surface area contributed by atoms with Gasteiger partial charge in [-0.15, -0.1) is 0 Å². The lowest BCUT2D eigenvalue weighted by Gasteiger charge is -2.34. The lowest BCUT2D eigenvalue weighted by Crippen LogP contribution is -2.41. The van der Waals surface area contributed by atoms with Gasteiger partial charge in [0.2, 0.25) is 0 Å². The van der Waals surface area contributed by atoms with E-state index in [0.717, 1.165) is 35.5 Å². The van der Waals surface area contributed by atoms with Crippen LogP contribution in [0.3, 0.4) is 0 Å². The molecule has 0 radical (unpaired) electrons. The minimum absolute atomic E-state index is 0.00363. The van der Waals surface area contributed by atoms with Crippen LogP contribution in [0, 0.1) is 24.4 Å². The molecule has 1 amide bonds. The van der Waals surface area contributed by atoms with Crippen molar-refractivity contribution in [1.82, 2.24) is 0 Å². The summed E-state index contributed by atoms with van der Waals surface area (Å²) < 4.78 is 54.9. The number of nitrogens with zero attached hydrogens (tertiary/aromatic N) is 1. The Morgan fingerprint density at radius 1 is 1.08 bits per heavy atom. The molecule has 10 heteroatoms. The largest absolute Gasteiger partial charge is 0.489 e. The molecule has 1 atom stereocenters. The minimum Gasteiger partial charge on any atom is -0.489 e. The highest BCUT2D eigenvalue weighted by molar-refractivity contribution is 6.04. The lowest BCUT2D eigenvalue weighted by molar-refractivity contribution is -0.136. The molecule has 0 unspecified atom stereocenters. The fourth-order valence-corrected chi connectivity index (χ4v) is 3.91. The maximum atomic E-state index is 14.7. The molecule has 0 bridgehead atoms. The molecule has 4 rings (SSSR count). The fourth-order valence-electron chi connectivity index (χ4n) is 3.91. The van der Waals surface area contributed by atoms with E-state index < -0.39 is 53.1 Å². The number of hydrogen-bond donors (Lipinski definition) is 2. The van der Waals surface area contributed by atoms with Crippen LogP contribution in [0.4, 0.5) is 24.5 Å². The molecule has 0 fully saturated rings. The minimum atomic E-state index is -1.23. The number of ether oxygens (including phenoxy) is 2. The number of carboxylic acid groups (broad SMARTS) is 1. The van der Waals surface area contributed by atoms with Crippen molar-refractivity contribution in [1.29, 1.82) is 0 Å². The van der Waals surface area contributed by atoms with Gasteiger partial charge in [0.05, 0.1) is 24.3 Å². The molecule has 1 aliphatic heterocycles. The molecule has 0 spiro atoms. The topological polar surface area (TPSA) is 88.1 Å². The predicted molar refractivity (Wildman–Crippen MR) is 126 cm³/mol. The van der Waals surface area contributed by atoms with Gasteiger partial charge in [-0.1, -0.05) is 12.1 Å². The molecule has 36 heavy (non-hydrogen) atoms. The summed E-state index contributed by atoms with van der Waals surface area (Å²) in [7, 11) is 1.90. The molecule has 7 nitrogen and oxygen atoms in total. The maximum Gasteiger partial charge on any atom is 0.307 e. The highest BCUT2D eigenvalue weighted by Crippen LogP contribution is 2.33. The number of aliphatic carboxylic acids is 1. The molecule has 3 aromatic carbocycles. The van der Waals surface area contributed by atoms with Crippen LogP contribution < -0.4 is 19.7 Å². The van der Waals surface area contributed by atoms with E-state index >= 15 is 0 Å². The van der Waals surface area contributed by atoms with Crippen LogP contribution in [0.5, 0.6) is 11.5 Å². The average molecular weight is 500 g/mol. The summed E-state index contributed by atoms with van der Waals surface area (Å²) in [6.45, 7) is 2.47. The van der Waals surface area contributed by atoms with Crippen LogP contribution in [-0.4, -0.2) is 43.3 Å². The number of amides is 1. The third-order valence-electron chi connectivity index (χ3n) is 5.61. The Hall–Kier alpha value is -4.21. The van der Waals surface area contributed by atoms with E-state index in [-0.39, 0.29) is 17.9 Å². The highest BCUT2D eigenvalue weighted by Gasteiger charge is 2.25. The molecule has 2 N–H and O–H groups in total. The number of likely N-dealkylation sites (N-methyl/N-ethyl adjacent to an activating group) is 1. The van der Waals surface area contributed by atoms with Gasteiger partial charge < -0.3 is 24.8 Å². The van der Waals surface area contributed by atoms with Crippen molar-refractivity contribution in [3.05, 3.63) is 82.7 Å². The van der Waals surface area contributed by atoms with Gasteiger partial charge in [-0.2, -0.15) is 0 Å². The number of carbonyl (C=O) groups excluding carboxylic acids is 1. The van der Waals surface area contributed by atoms with Crippen molar-refractivity contribution >= 4 is 23.3 Å². The van der Waals surface area contributed by atoms with E-state index in [2.05, 4.69) is 5.32 Å².